The molecule has 16 heavy (non-hydrogen) atoms. The largest absolute Gasteiger partial charge is 0.328 e. The van der Waals surface area contributed by atoms with E-state index in [1.807, 2.05) is 0 Å². The van der Waals surface area contributed by atoms with E-state index < -0.39 is 0 Å². The lowest BCUT2D eigenvalue weighted by Gasteiger charge is -2.32. The maximum atomic E-state index is 5.98. The Kier molecular flexibility index (Phi) is 4.66. The first-order valence-electron chi connectivity index (χ1n) is 7.31. The van der Waals surface area contributed by atoms with Crippen LogP contribution in [-0.4, -0.2) is 18.1 Å². The molecule has 0 aromatic carbocycles. The molecule has 3 N–H and O–H groups in total. The molecule has 94 valence electrons. The molecule has 2 heteroatoms. The molecule has 3 unspecified atom stereocenters. The van der Waals surface area contributed by atoms with Crippen molar-refractivity contribution in [1.82, 2.24) is 5.32 Å². The number of hydrogen-bond acceptors (Lipinski definition) is 2. The Morgan fingerprint density at radius 1 is 1.12 bits per heavy atom. The lowest BCUT2D eigenvalue weighted by atomic mass is 9.82. The zero-order valence-corrected chi connectivity index (χ0v) is 10.8. The molecule has 2 fully saturated rings. The van der Waals surface area contributed by atoms with E-state index in [2.05, 4.69) is 12.2 Å². The third-order valence-corrected chi connectivity index (χ3v) is 4.58. The van der Waals surface area contributed by atoms with Crippen LogP contribution in [-0.2, 0) is 0 Å². The van der Waals surface area contributed by atoms with Crippen molar-refractivity contribution in [3.05, 3.63) is 0 Å². The van der Waals surface area contributed by atoms with Crippen LogP contribution in [0.2, 0.25) is 0 Å². The first-order valence-corrected chi connectivity index (χ1v) is 7.31. The quantitative estimate of drug-likeness (QED) is 0.770. The molecule has 0 saturated heterocycles. The second-order valence-electron chi connectivity index (χ2n) is 5.85. The van der Waals surface area contributed by atoms with E-state index in [1.54, 1.807) is 0 Å². The molecule has 0 heterocycles. The van der Waals surface area contributed by atoms with Gasteiger partial charge in [0.2, 0.25) is 0 Å². The summed E-state index contributed by atoms with van der Waals surface area (Å²) >= 11 is 0. The van der Waals surface area contributed by atoms with Gasteiger partial charge in [-0.3, -0.25) is 0 Å². The molecule has 2 aliphatic carbocycles. The van der Waals surface area contributed by atoms with Gasteiger partial charge in [0.15, 0.2) is 0 Å². The molecular formula is C14H28N2. The molecule has 0 aromatic heterocycles. The summed E-state index contributed by atoms with van der Waals surface area (Å²) < 4.78 is 0. The summed E-state index contributed by atoms with van der Waals surface area (Å²) in [6, 6.07) is 1.93. The summed E-state index contributed by atoms with van der Waals surface area (Å²) in [6.45, 7) is 2.33. The molecule has 2 aliphatic rings. The molecule has 0 aromatic rings. The van der Waals surface area contributed by atoms with E-state index in [1.165, 1.54) is 57.8 Å². The molecule has 0 spiro atoms. The number of nitrogens with one attached hydrogen (secondary N) is 1. The van der Waals surface area contributed by atoms with Crippen LogP contribution in [0, 0.1) is 5.92 Å². The van der Waals surface area contributed by atoms with Crippen molar-refractivity contribution in [2.75, 3.05) is 0 Å². The van der Waals surface area contributed by atoms with Gasteiger partial charge in [-0.05, 0) is 44.4 Å². The fourth-order valence-corrected chi connectivity index (χ4v) is 3.59. The van der Waals surface area contributed by atoms with Crippen LogP contribution in [0.5, 0.6) is 0 Å². The van der Waals surface area contributed by atoms with Crippen molar-refractivity contribution < 1.29 is 0 Å². The van der Waals surface area contributed by atoms with Gasteiger partial charge in [0, 0.05) is 18.1 Å². The number of nitrogens with two attached hydrogens (primary N) is 1. The van der Waals surface area contributed by atoms with Gasteiger partial charge in [-0.15, -0.1) is 0 Å². The number of rotatable bonds is 4. The Balaban J connectivity index is 1.80. The molecule has 0 amide bonds. The SMILES string of the molecule is CCC(NC1CCC(N)C1)C1CCCCC1. The molecule has 0 aliphatic heterocycles. The average Bonchev–Trinajstić information content (AvgIpc) is 2.73. The van der Waals surface area contributed by atoms with Gasteiger partial charge in [0.05, 0.1) is 0 Å². The summed E-state index contributed by atoms with van der Waals surface area (Å²) in [5.74, 6) is 0.940. The van der Waals surface area contributed by atoms with E-state index in [9.17, 15) is 0 Å². The van der Waals surface area contributed by atoms with Gasteiger partial charge in [0.1, 0.15) is 0 Å². The summed E-state index contributed by atoms with van der Waals surface area (Å²) in [4.78, 5) is 0. The van der Waals surface area contributed by atoms with E-state index in [-0.39, 0.29) is 0 Å². The Bertz CT molecular complexity index is 199. The Labute approximate surface area is 100 Å². The second-order valence-corrected chi connectivity index (χ2v) is 5.85. The van der Waals surface area contributed by atoms with Crippen molar-refractivity contribution in [1.29, 1.82) is 0 Å². The van der Waals surface area contributed by atoms with E-state index in [0.29, 0.717) is 12.1 Å². The molecule has 2 rings (SSSR count). The van der Waals surface area contributed by atoms with Crippen LogP contribution in [0.4, 0.5) is 0 Å². The van der Waals surface area contributed by atoms with Crippen molar-refractivity contribution in [2.24, 2.45) is 11.7 Å². The van der Waals surface area contributed by atoms with Crippen LogP contribution in [0.1, 0.15) is 64.7 Å². The van der Waals surface area contributed by atoms with Crippen molar-refractivity contribution in [3.8, 4) is 0 Å². The maximum Gasteiger partial charge on any atom is 0.00953 e. The van der Waals surface area contributed by atoms with Gasteiger partial charge in [-0.1, -0.05) is 26.2 Å². The third-order valence-electron chi connectivity index (χ3n) is 4.58. The van der Waals surface area contributed by atoms with Gasteiger partial charge >= 0.3 is 0 Å². The predicted octanol–water partition coefficient (Wildman–Crippen LogP) is 2.81. The highest BCUT2D eigenvalue weighted by Gasteiger charge is 2.27. The van der Waals surface area contributed by atoms with Gasteiger partial charge in [-0.2, -0.15) is 0 Å². The van der Waals surface area contributed by atoms with Gasteiger partial charge < -0.3 is 11.1 Å². The van der Waals surface area contributed by atoms with Crippen LogP contribution in [0.15, 0.2) is 0 Å². The Morgan fingerprint density at radius 2 is 1.88 bits per heavy atom. The smallest absolute Gasteiger partial charge is 0.00953 e. The summed E-state index contributed by atoms with van der Waals surface area (Å²) in [5.41, 5.74) is 5.98. The lowest BCUT2D eigenvalue weighted by molar-refractivity contribution is 0.245. The van der Waals surface area contributed by atoms with Crippen molar-refractivity contribution in [2.45, 2.75) is 82.8 Å². The molecule has 0 radical (unpaired) electrons. The highest BCUT2D eigenvalue weighted by atomic mass is 15.0. The molecular weight excluding hydrogens is 196 g/mol. The normalized spacial score (nSPS) is 34.1. The predicted molar refractivity (Wildman–Crippen MR) is 69.4 cm³/mol. The van der Waals surface area contributed by atoms with E-state index in [4.69, 9.17) is 5.73 Å². The summed E-state index contributed by atoms with van der Waals surface area (Å²) in [5, 5.41) is 3.89. The molecule has 0 bridgehead atoms. The fourth-order valence-electron chi connectivity index (χ4n) is 3.59. The van der Waals surface area contributed by atoms with Crippen molar-refractivity contribution >= 4 is 0 Å². The van der Waals surface area contributed by atoms with Gasteiger partial charge in [0.25, 0.3) is 0 Å². The minimum atomic E-state index is 0.460. The highest BCUT2D eigenvalue weighted by molar-refractivity contribution is 4.87. The maximum absolute atomic E-state index is 5.98. The van der Waals surface area contributed by atoms with Crippen LogP contribution < -0.4 is 11.1 Å². The minimum Gasteiger partial charge on any atom is -0.328 e. The first kappa shape index (κ1) is 12.4. The van der Waals surface area contributed by atoms with Crippen LogP contribution in [0.25, 0.3) is 0 Å². The highest BCUT2D eigenvalue weighted by Crippen LogP contribution is 2.29. The van der Waals surface area contributed by atoms with E-state index >= 15 is 0 Å². The zero-order chi connectivity index (χ0) is 11.4. The molecule has 2 nitrogen and oxygen atoms in total. The minimum absolute atomic E-state index is 0.460. The zero-order valence-electron chi connectivity index (χ0n) is 10.8. The van der Waals surface area contributed by atoms with E-state index in [0.717, 1.165) is 12.0 Å². The summed E-state index contributed by atoms with van der Waals surface area (Å²) in [7, 11) is 0. The monoisotopic (exact) mass is 224 g/mol. The Morgan fingerprint density at radius 3 is 2.44 bits per heavy atom. The Hall–Kier alpha value is -0.0800. The first-order chi connectivity index (χ1) is 7.79. The van der Waals surface area contributed by atoms with Gasteiger partial charge in [-0.25, -0.2) is 0 Å². The standard InChI is InChI=1S/C14H28N2/c1-2-14(11-6-4-3-5-7-11)16-13-9-8-12(15)10-13/h11-14,16H,2-10,15H2,1H3. The van der Waals surface area contributed by atoms with Crippen molar-refractivity contribution in [3.63, 3.8) is 0 Å². The summed E-state index contributed by atoms with van der Waals surface area (Å²) in [6.07, 6.45) is 12.3. The number of hydrogen-bond donors (Lipinski definition) is 2. The topological polar surface area (TPSA) is 38.0 Å². The molecule has 3 atom stereocenters. The second kappa shape index (κ2) is 6.02. The average molecular weight is 224 g/mol. The molecule has 2 saturated carbocycles. The lowest BCUT2D eigenvalue weighted by Crippen LogP contribution is -2.42. The third kappa shape index (κ3) is 3.21. The fraction of sp³-hybridized carbons (Fsp3) is 1.00. The van der Waals surface area contributed by atoms with Crippen LogP contribution in [0.3, 0.4) is 0 Å². The van der Waals surface area contributed by atoms with Crippen LogP contribution >= 0.6 is 0 Å².